The molecule has 0 amide bonds. The molecule has 248 valence electrons. The summed E-state index contributed by atoms with van der Waals surface area (Å²) in [5.74, 6) is 0.0336. The Morgan fingerprint density at radius 1 is 0.841 bits per heavy atom. The molecule has 0 aliphatic carbocycles. The number of rotatable bonds is 11. The summed E-state index contributed by atoms with van der Waals surface area (Å²) in [6.45, 7) is 13.6. The number of imidazole rings is 3. The van der Waals surface area contributed by atoms with Crippen molar-refractivity contribution < 1.29 is 29.0 Å². The average Bonchev–Trinajstić information content (AvgIpc) is 3.57. The second-order valence-electron chi connectivity index (χ2n) is 8.61. The van der Waals surface area contributed by atoms with Gasteiger partial charge in [0.15, 0.2) is 0 Å². The Labute approximate surface area is 280 Å². The smallest absolute Gasteiger partial charge is 0.330 e. The van der Waals surface area contributed by atoms with E-state index in [1.807, 2.05) is 62.5 Å². The van der Waals surface area contributed by atoms with E-state index in [-0.39, 0.29) is 30.8 Å². The van der Waals surface area contributed by atoms with E-state index in [9.17, 15) is 14.4 Å². The second kappa shape index (κ2) is 24.4. The van der Waals surface area contributed by atoms with E-state index in [1.165, 1.54) is 11.8 Å². The van der Waals surface area contributed by atoms with E-state index in [2.05, 4.69) is 38.9 Å². The van der Waals surface area contributed by atoms with Gasteiger partial charge in [0.2, 0.25) is 0 Å². The molecule has 0 radical (unpaired) electrons. The molecule has 0 aromatic carbocycles. The number of esters is 2. The van der Waals surface area contributed by atoms with E-state index < -0.39 is 5.97 Å². The molecule has 0 spiro atoms. The largest absolute Gasteiger partial charge is 0.481 e. The van der Waals surface area contributed by atoms with Crippen molar-refractivity contribution in [3.63, 3.8) is 0 Å². The van der Waals surface area contributed by atoms with Crippen molar-refractivity contribution in [3.05, 3.63) is 48.7 Å². The first kappa shape index (κ1) is 43.2. The highest BCUT2D eigenvalue weighted by atomic mass is 35.5. The summed E-state index contributed by atoms with van der Waals surface area (Å²) in [5, 5.41) is 11.1. The molecule has 3 heterocycles. The minimum atomic E-state index is -0.763. The average molecular weight is 693 g/mol. The number of aliphatic carboxylic acids is 1. The predicted molar refractivity (Wildman–Crippen MR) is 180 cm³/mol. The molecule has 12 nitrogen and oxygen atoms in total. The maximum atomic E-state index is 11.1. The first-order valence-electron chi connectivity index (χ1n) is 13.3. The Bertz CT molecular complexity index is 1280. The lowest BCUT2D eigenvalue weighted by molar-refractivity contribution is -0.142. The minimum absolute atomic E-state index is 0. The molecule has 0 bridgehead atoms. The van der Waals surface area contributed by atoms with E-state index in [0.717, 1.165) is 44.0 Å². The number of carbonyl (C=O) groups is 3. The third-order valence-corrected chi connectivity index (χ3v) is 8.04. The highest BCUT2D eigenvalue weighted by Gasteiger charge is 2.07. The maximum absolute atomic E-state index is 11.1. The van der Waals surface area contributed by atoms with Gasteiger partial charge in [-0.05, 0) is 34.6 Å². The van der Waals surface area contributed by atoms with Crippen molar-refractivity contribution in [2.24, 2.45) is 21.1 Å². The minimum Gasteiger partial charge on any atom is -0.481 e. The molecular weight excluding hydrogens is 648 g/mol. The second-order valence-corrected chi connectivity index (χ2v) is 11.2. The standard InChI is InChI=1S/C10H16N2O2S.C8H12N2O2S.C5H8N2S.C5H8O2.ClH/c1-4-14-9(13)5-6-15-10-8(2)12(3)7-11-10;1-6-8(9-5-10(6)2)13-4-3-7(11)12;1-4-5(8)6-3-7(4)2;1-3-5(6)7-4-2;/h7H,4-6H2,1-3H3;5H,3-4H2,1-2H3,(H,11,12);3,8H,1-2H3;3H,1,4H2,2H3;1H. The van der Waals surface area contributed by atoms with Crippen LogP contribution in [0.2, 0.25) is 0 Å². The molecule has 0 saturated carbocycles. The third-order valence-electron chi connectivity index (χ3n) is 5.44. The molecule has 44 heavy (non-hydrogen) atoms. The summed E-state index contributed by atoms with van der Waals surface area (Å²) in [7, 11) is 5.82. The summed E-state index contributed by atoms with van der Waals surface area (Å²) in [4.78, 5) is 43.7. The normalized spacial score (nSPS) is 9.57. The van der Waals surface area contributed by atoms with Crippen molar-refractivity contribution in [3.8, 4) is 0 Å². The molecular formula is C28H45ClN6O6S3. The third kappa shape index (κ3) is 18.0. The van der Waals surface area contributed by atoms with E-state index in [0.29, 0.717) is 25.4 Å². The Balaban J connectivity index is 0. The molecule has 0 unspecified atom stereocenters. The Morgan fingerprint density at radius 3 is 1.55 bits per heavy atom. The fourth-order valence-corrected chi connectivity index (χ4v) is 4.69. The first-order valence-corrected chi connectivity index (χ1v) is 15.7. The van der Waals surface area contributed by atoms with Crippen LogP contribution in [-0.4, -0.2) is 76.4 Å². The lowest BCUT2D eigenvalue weighted by atomic mass is 10.5. The van der Waals surface area contributed by atoms with Crippen molar-refractivity contribution in [1.29, 1.82) is 0 Å². The molecule has 0 aliphatic heterocycles. The Morgan fingerprint density at radius 2 is 1.27 bits per heavy atom. The lowest BCUT2D eigenvalue weighted by Gasteiger charge is -2.01. The number of ether oxygens (including phenoxy) is 2. The number of thioether (sulfide) groups is 2. The Hall–Kier alpha value is -2.88. The van der Waals surface area contributed by atoms with Crippen LogP contribution < -0.4 is 0 Å². The number of thiol groups is 1. The van der Waals surface area contributed by atoms with Crippen LogP contribution in [0.5, 0.6) is 0 Å². The SMILES string of the molecule is C=CC(=O)OCC.CCOC(=O)CCSc1ncn(C)c1C.Cc1c(S)ncn1C.Cc1c(SCCC(=O)O)ncn1C.Cl. The van der Waals surface area contributed by atoms with Gasteiger partial charge in [0.25, 0.3) is 0 Å². The van der Waals surface area contributed by atoms with Crippen LogP contribution >= 0.6 is 48.6 Å². The van der Waals surface area contributed by atoms with E-state index in [1.54, 1.807) is 37.7 Å². The van der Waals surface area contributed by atoms with Crippen molar-refractivity contribution in [2.45, 2.75) is 62.5 Å². The number of hydrogen-bond acceptors (Lipinski definition) is 11. The quantitative estimate of drug-likeness (QED) is 0.118. The highest BCUT2D eigenvalue weighted by molar-refractivity contribution is 7.99. The molecule has 3 aromatic rings. The van der Waals surface area contributed by atoms with Gasteiger partial charge in [-0.25, -0.2) is 19.7 Å². The monoisotopic (exact) mass is 692 g/mol. The van der Waals surface area contributed by atoms with Crippen molar-refractivity contribution >= 4 is 66.5 Å². The molecule has 3 rings (SSSR count). The zero-order chi connectivity index (χ0) is 32.9. The number of aromatic nitrogens is 6. The predicted octanol–water partition coefficient (Wildman–Crippen LogP) is 5.24. The summed E-state index contributed by atoms with van der Waals surface area (Å²) in [5.41, 5.74) is 3.31. The molecule has 0 aliphatic rings. The summed E-state index contributed by atoms with van der Waals surface area (Å²) in [6.07, 6.45) is 7.02. The van der Waals surface area contributed by atoms with Gasteiger partial charge >= 0.3 is 17.9 Å². The van der Waals surface area contributed by atoms with Crippen LogP contribution in [0.15, 0.2) is 46.7 Å². The van der Waals surface area contributed by atoms with Crippen molar-refractivity contribution in [2.75, 3.05) is 24.7 Å². The highest BCUT2D eigenvalue weighted by Crippen LogP contribution is 2.21. The number of hydrogen-bond donors (Lipinski definition) is 2. The van der Waals surface area contributed by atoms with E-state index >= 15 is 0 Å². The molecule has 3 aromatic heterocycles. The number of aryl methyl sites for hydroxylation is 3. The zero-order valence-corrected chi connectivity index (χ0v) is 29.9. The molecule has 0 saturated heterocycles. The first-order chi connectivity index (χ1) is 20.3. The Kier molecular flexibility index (Phi) is 24.0. The molecule has 16 heteroatoms. The lowest BCUT2D eigenvalue weighted by Crippen LogP contribution is -2.04. The number of carboxylic acid groups (broad SMARTS) is 1. The zero-order valence-electron chi connectivity index (χ0n) is 26.6. The van der Waals surface area contributed by atoms with Crippen LogP contribution in [0.1, 0.15) is 43.8 Å². The van der Waals surface area contributed by atoms with Crippen molar-refractivity contribution in [1.82, 2.24) is 28.7 Å². The number of carbonyl (C=O) groups excluding carboxylic acids is 2. The molecule has 0 fully saturated rings. The van der Waals surface area contributed by atoms with Gasteiger partial charge in [0, 0.05) is 55.8 Å². The molecule has 1 N–H and O–H groups in total. The van der Waals surface area contributed by atoms with Crippen LogP contribution in [0.3, 0.4) is 0 Å². The summed E-state index contributed by atoms with van der Waals surface area (Å²) >= 11 is 7.16. The van der Waals surface area contributed by atoms with Crippen LogP contribution in [0, 0.1) is 20.8 Å². The fraction of sp³-hybridized carbons (Fsp3) is 0.500. The van der Waals surface area contributed by atoms with Gasteiger partial charge in [0.05, 0.1) is 45.0 Å². The summed E-state index contributed by atoms with van der Waals surface area (Å²) < 4.78 is 15.1. The topological polar surface area (TPSA) is 143 Å². The van der Waals surface area contributed by atoms with Gasteiger partial charge in [0.1, 0.15) is 15.1 Å². The number of carboxylic acids is 1. The molecule has 0 atom stereocenters. The van der Waals surface area contributed by atoms with E-state index in [4.69, 9.17) is 9.84 Å². The van der Waals surface area contributed by atoms with Gasteiger partial charge in [-0.15, -0.1) is 48.6 Å². The number of nitrogens with zero attached hydrogens (tertiary/aromatic N) is 6. The maximum Gasteiger partial charge on any atom is 0.330 e. The van der Waals surface area contributed by atoms with Crippen LogP contribution in [0.4, 0.5) is 0 Å². The van der Waals surface area contributed by atoms with Gasteiger partial charge < -0.3 is 28.3 Å². The van der Waals surface area contributed by atoms with Crippen LogP contribution in [0.25, 0.3) is 0 Å². The summed E-state index contributed by atoms with van der Waals surface area (Å²) in [6, 6.07) is 0. The fourth-order valence-electron chi connectivity index (χ4n) is 2.60. The van der Waals surface area contributed by atoms with Crippen LogP contribution in [-0.2, 0) is 45.0 Å². The van der Waals surface area contributed by atoms with Gasteiger partial charge in [-0.1, -0.05) is 6.58 Å². The number of halogens is 1. The van der Waals surface area contributed by atoms with Gasteiger partial charge in [-0.3, -0.25) is 9.59 Å². The van der Waals surface area contributed by atoms with Gasteiger partial charge in [-0.2, -0.15) is 0 Å².